The van der Waals surface area contributed by atoms with E-state index in [0.717, 1.165) is 5.56 Å². The minimum absolute atomic E-state index is 0.0308. The molecular weight excluding hydrogens is 452 g/mol. The fourth-order valence-corrected chi connectivity index (χ4v) is 5.09. The first-order valence-electron chi connectivity index (χ1n) is 10.7. The molecule has 0 atom stereocenters. The van der Waals surface area contributed by atoms with Gasteiger partial charge in [0.1, 0.15) is 17.2 Å². The van der Waals surface area contributed by atoms with Crippen LogP contribution in [0.25, 0.3) is 10.9 Å². The molecule has 1 aromatic heterocycles. The molecule has 1 heterocycles. The number of carbonyl (C=O) groups is 1. The Hall–Kier alpha value is -3.91. The number of aryl methyl sites for hydroxylation is 1. The predicted molar refractivity (Wildman–Crippen MR) is 131 cm³/mol. The molecule has 4 rings (SSSR count). The maximum Gasteiger partial charge on any atom is 0.244 e. The molecule has 0 saturated carbocycles. The fraction of sp³-hybridized carbons (Fsp3) is 0.154. The number of amides is 1. The standard InChI is InChI=1S/C26H24N2O5S/c1-3-18-9-14-23-22(15-18)26(30)24(34(31,32)21-12-10-20(33-2)11-13-21)16-28(23)17-25(29)27-19-7-5-4-6-8-19/h4-16H,3,17H2,1-2H3,(H,27,29). The third-order valence-electron chi connectivity index (χ3n) is 5.55. The van der Waals surface area contributed by atoms with Crippen LogP contribution in [0.1, 0.15) is 12.5 Å². The number of nitrogens with zero attached hydrogens (tertiary/aromatic N) is 1. The van der Waals surface area contributed by atoms with Crippen LogP contribution in [-0.4, -0.2) is 26.0 Å². The number of aromatic nitrogens is 1. The van der Waals surface area contributed by atoms with Crippen molar-refractivity contribution in [1.29, 1.82) is 0 Å². The van der Waals surface area contributed by atoms with Crippen molar-refractivity contribution in [3.63, 3.8) is 0 Å². The van der Waals surface area contributed by atoms with Crippen molar-refractivity contribution < 1.29 is 17.9 Å². The highest BCUT2D eigenvalue weighted by molar-refractivity contribution is 7.91. The van der Waals surface area contributed by atoms with E-state index in [1.54, 1.807) is 36.4 Å². The molecule has 1 N–H and O–H groups in total. The average molecular weight is 477 g/mol. The number of benzene rings is 3. The quantitative estimate of drug-likeness (QED) is 0.434. The second kappa shape index (κ2) is 9.52. The van der Waals surface area contributed by atoms with Crippen LogP contribution in [0.2, 0.25) is 0 Å². The number of nitrogens with one attached hydrogen (secondary N) is 1. The minimum Gasteiger partial charge on any atom is -0.497 e. The number of hydrogen-bond donors (Lipinski definition) is 1. The lowest BCUT2D eigenvalue weighted by Crippen LogP contribution is -2.24. The second-order valence-corrected chi connectivity index (χ2v) is 9.67. The summed E-state index contributed by atoms with van der Waals surface area (Å²) in [4.78, 5) is 25.7. The molecule has 0 spiro atoms. The highest BCUT2D eigenvalue weighted by atomic mass is 32.2. The van der Waals surface area contributed by atoms with E-state index >= 15 is 0 Å². The van der Waals surface area contributed by atoms with Crippen molar-refractivity contribution in [1.82, 2.24) is 4.57 Å². The van der Waals surface area contributed by atoms with E-state index < -0.39 is 15.3 Å². The van der Waals surface area contributed by atoms with Crippen LogP contribution in [0.3, 0.4) is 0 Å². The van der Waals surface area contributed by atoms with Crippen LogP contribution in [0.15, 0.2) is 93.6 Å². The highest BCUT2D eigenvalue weighted by Gasteiger charge is 2.24. The first-order chi connectivity index (χ1) is 16.3. The molecule has 8 heteroatoms. The smallest absolute Gasteiger partial charge is 0.244 e. The molecular formula is C26H24N2O5S. The summed E-state index contributed by atoms with van der Waals surface area (Å²) in [6.07, 6.45) is 1.93. The van der Waals surface area contributed by atoms with Crippen molar-refractivity contribution >= 4 is 32.3 Å². The van der Waals surface area contributed by atoms with E-state index in [0.29, 0.717) is 23.4 Å². The van der Waals surface area contributed by atoms with E-state index in [1.165, 1.54) is 42.1 Å². The van der Waals surface area contributed by atoms with E-state index in [1.807, 2.05) is 19.1 Å². The molecule has 0 bridgehead atoms. The Morgan fingerprint density at radius 2 is 1.71 bits per heavy atom. The molecule has 0 fully saturated rings. The van der Waals surface area contributed by atoms with Gasteiger partial charge in [-0.15, -0.1) is 0 Å². The zero-order valence-corrected chi connectivity index (χ0v) is 19.6. The van der Waals surface area contributed by atoms with Crippen molar-refractivity contribution in [2.24, 2.45) is 0 Å². The Balaban J connectivity index is 1.84. The van der Waals surface area contributed by atoms with Gasteiger partial charge in [0.05, 0.1) is 17.5 Å². The van der Waals surface area contributed by atoms with Crippen LogP contribution < -0.4 is 15.5 Å². The number of methoxy groups -OCH3 is 1. The first-order valence-corrected chi connectivity index (χ1v) is 12.2. The molecule has 0 aliphatic carbocycles. The summed E-state index contributed by atoms with van der Waals surface area (Å²) >= 11 is 0. The van der Waals surface area contributed by atoms with E-state index in [-0.39, 0.29) is 27.6 Å². The monoisotopic (exact) mass is 476 g/mol. The molecule has 1 amide bonds. The van der Waals surface area contributed by atoms with Gasteiger partial charge in [0.2, 0.25) is 21.2 Å². The molecule has 0 radical (unpaired) electrons. The van der Waals surface area contributed by atoms with E-state index in [2.05, 4.69) is 5.32 Å². The van der Waals surface area contributed by atoms with E-state index in [9.17, 15) is 18.0 Å². The number of carbonyl (C=O) groups excluding carboxylic acids is 1. The van der Waals surface area contributed by atoms with E-state index in [4.69, 9.17) is 4.74 Å². The SMILES string of the molecule is CCc1ccc2c(c1)c(=O)c(S(=O)(=O)c1ccc(OC)cc1)cn2CC(=O)Nc1ccccc1. The van der Waals surface area contributed by atoms with Gasteiger partial charge in [-0.25, -0.2) is 8.42 Å². The topological polar surface area (TPSA) is 94.5 Å². The fourth-order valence-electron chi connectivity index (χ4n) is 3.72. The third-order valence-corrected chi connectivity index (χ3v) is 7.31. The Kier molecular flexibility index (Phi) is 6.51. The molecule has 0 aliphatic rings. The van der Waals surface area contributed by atoms with Crippen LogP contribution in [-0.2, 0) is 27.6 Å². The summed E-state index contributed by atoms with van der Waals surface area (Å²) in [7, 11) is -2.66. The largest absolute Gasteiger partial charge is 0.497 e. The van der Waals surface area contributed by atoms with Crippen molar-refractivity contribution in [2.75, 3.05) is 12.4 Å². The second-order valence-electron chi connectivity index (χ2n) is 7.75. The number of pyridine rings is 1. The number of anilines is 1. The molecule has 174 valence electrons. The average Bonchev–Trinajstić information content (AvgIpc) is 2.86. The lowest BCUT2D eigenvalue weighted by atomic mass is 10.1. The normalized spacial score (nSPS) is 11.4. The molecule has 0 saturated heterocycles. The van der Waals surface area contributed by atoms with Gasteiger partial charge in [-0.05, 0) is 60.5 Å². The van der Waals surface area contributed by atoms with Crippen LogP contribution in [0.4, 0.5) is 5.69 Å². The lowest BCUT2D eigenvalue weighted by Gasteiger charge is -2.15. The zero-order valence-electron chi connectivity index (χ0n) is 18.8. The Morgan fingerprint density at radius 1 is 1.00 bits per heavy atom. The van der Waals surface area contributed by atoms with Crippen LogP contribution >= 0.6 is 0 Å². The number of fused-ring (bicyclic) bond motifs is 1. The minimum atomic E-state index is -4.14. The van der Waals surface area contributed by atoms with Gasteiger partial charge in [-0.2, -0.15) is 0 Å². The van der Waals surface area contributed by atoms with Crippen molar-refractivity contribution in [3.05, 3.63) is 94.8 Å². The Bertz CT molecular complexity index is 1510. The number of ether oxygens (including phenoxy) is 1. The molecule has 34 heavy (non-hydrogen) atoms. The number of rotatable bonds is 7. The summed E-state index contributed by atoms with van der Waals surface area (Å²) in [6.45, 7) is 1.78. The summed E-state index contributed by atoms with van der Waals surface area (Å²) in [5.41, 5.74) is 1.40. The first kappa shape index (κ1) is 23.3. The van der Waals surface area contributed by atoms with Crippen molar-refractivity contribution in [2.45, 2.75) is 29.7 Å². The van der Waals surface area contributed by atoms with Gasteiger partial charge < -0.3 is 14.6 Å². The number of para-hydroxylation sites is 1. The molecule has 3 aromatic carbocycles. The van der Waals surface area contributed by atoms with Crippen LogP contribution in [0, 0.1) is 0 Å². The highest BCUT2D eigenvalue weighted by Crippen LogP contribution is 2.24. The number of sulfone groups is 1. The summed E-state index contributed by atoms with van der Waals surface area (Å²) in [5, 5.41) is 3.04. The summed E-state index contributed by atoms with van der Waals surface area (Å²) in [5.74, 6) is 0.156. The Morgan fingerprint density at radius 3 is 2.35 bits per heavy atom. The molecule has 0 aliphatic heterocycles. The Labute approximate surface area is 197 Å². The van der Waals surface area contributed by atoms with Crippen LogP contribution in [0.5, 0.6) is 5.75 Å². The lowest BCUT2D eigenvalue weighted by molar-refractivity contribution is -0.116. The van der Waals surface area contributed by atoms with Gasteiger partial charge in [0.25, 0.3) is 0 Å². The molecule has 7 nitrogen and oxygen atoms in total. The zero-order chi connectivity index (χ0) is 24.3. The van der Waals surface area contributed by atoms with Gasteiger partial charge >= 0.3 is 0 Å². The predicted octanol–water partition coefficient (Wildman–Crippen LogP) is 4.04. The van der Waals surface area contributed by atoms with Crippen molar-refractivity contribution in [3.8, 4) is 5.75 Å². The molecule has 0 unspecified atom stereocenters. The summed E-state index contributed by atoms with van der Waals surface area (Å²) < 4.78 is 33.5. The van der Waals surface area contributed by atoms with Gasteiger partial charge in [0, 0.05) is 17.3 Å². The third kappa shape index (κ3) is 4.58. The van der Waals surface area contributed by atoms with Gasteiger partial charge in [-0.3, -0.25) is 9.59 Å². The maximum atomic E-state index is 13.4. The summed E-state index contributed by atoms with van der Waals surface area (Å²) in [6, 6.07) is 20.1. The molecule has 4 aromatic rings. The maximum absolute atomic E-state index is 13.4. The van der Waals surface area contributed by atoms with Gasteiger partial charge in [-0.1, -0.05) is 31.2 Å². The van der Waals surface area contributed by atoms with Gasteiger partial charge in [0.15, 0.2) is 0 Å². The number of hydrogen-bond acceptors (Lipinski definition) is 5.